The molecular weight excluding hydrogens is 300 g/mol. The summed E-state index contributed by atoms with van der Waals surface area (Å²) in [4.78, 5) is -0.0715. The maximum Gasteiger partial charge on any atom is 0.262 e. The van der Waals surface area contributed by atoms with E-state index in [4.69, 9.17) is 5.11 Å². The second-order valence-electron chi connectivity index (χ2n) is 4.43. The number of benzene rings is 2. The third-order valence-electron chi connectivity index (χ3n) is 3.03. The van der Waals surface area contributed by atoms with E-state index in [0.717, 1.165) is 12.1 Å². The molecule has 0 spiro atoms. The number of hydrogen-bond donors (Lipinski definition) is 2. The Morgan fingerprint density at radius 2 is 1.90 bits per heavy atom. The van der Waals surface area contributed by atoms with Crippen LogP contribution in [0.3, 0.4) is 0 Å². The van der Waals surface area contributed by atoms with Crippen molar-refractivity contribution >= 4 is 15.7 Å². The van der Waals surface area contributed by atoms with Crippen molar-refractivity contribution in [2.24, 2.45) is 0 Å². The molecule has 0 heterocycles. The van der Waals surface area contributed by atoms with E-state index in [-0.39, 0.29) is 17.2 Å². The molecule has 0 radical (unpaired) electrons. The predicted octanol–water partition coefficient (Wildman–Crippen LogP) is 2.57. The highest BCUT2D eigenvalue weighted by Crippen LogP contribution is 2.23. The Balaban J connectivity index is 2.43. The van der Waals surface area contributed by atoms with Crippen LogP contribution in [-0.4, -0.2) is 13.5 Å². The Kier molecular flexibility index (Phi) is 4.24. The third-order valence-corrected chi connectivity index (χ3v) is 4.54. The maximum absolute atomic E-state index is 13.5. The molecule has 0 aliphatic carbocycles. The lowest BCUT2D eigenvalue weighted by molar-refractivity contribution is 0.280. The minimum atomic E-state index is -4.04. The van der Waals surface area contributed by atoms with Crippen LogP contribution in [0.2, 0.25) is 0 Å². The zero-order valence-corrected chi connectivity index (χ0v) is 11.9. The molecule has 112 valence electrons. The van der Waals surface area contributed by atoms with Gasteiger partial charge in [-0.3, -0.25) is 4.72 Å². The molecule has 0 bridgehead atoms. The monoisotopic (exact) mass is 313 g/mol. The van der Waals surface area contributed by atoms with Crippen molar-refractivity contribution in [3.8, 4) is 0 Å². The molecule has 0 unspecified atom stereocenters. The van der Waals surface area contributed by atoms with Crippen molar-refractivity contribution in [3.63, 3.8) is 0 Å². The van der Waals surface area contributed by atoms with Gasteiger partial charge in [-0.25, -0.2) is 17.2 Å². The first-order chi connectivity index (χ1) is 9.85. The molecule has 2 aromatic rings. The quantitative estimate of drug-likeness (QED) is 0.911. The lowest BCUT2D eigenvalue weighted by Gasteiger charge is -2.13. The van der Waals surface area contributed by atoms with Gasteiger partial charge in [0.05, 0.1) is 17.2 Å². The summed E-state index contributed by atoms with van der Waals surface area (Å²) in [5.41, 5.74) is 0.484. The molecule has 21 heavy (non-hydrogen) atoms. The summed E-state index contributed by atoms with van der Waals surface area (Å²) in [6, 6.07) is 6.97. The molecule has 0 amide bonds. The van der Waals surface area contributed by atoms with E-state index in [1.54, 1.807) is 13.0 Å². The Bertz CT molecular complexity index is 776. The second-order valence-corrected chi connectivity index (χ2v) is 6.08. The Labute approximate surface area is 121 Å². The van der Waals surface area contributed by atoms with Crippen LogP contribution >= 0.6 is 0 Å². The lowest BCUT2D eigenvalue weighted by Crippen LogP contribution is -2.16. The van der Waals surface area contributed by atoms with Gasteiger partial charge in [0, 0.05) is 6.07 Å². The number of anilines is 1. The molecule has 7 heteroatoms. The molecule has 0 saturated heterocycles. The van der Waals surface area contributed by atoms with Gasteiger partial charge in [-0.05, 0) is 36.2 Å². The second kappa shape index (κ2) is 5.79. The summed E-state index contributed by atoms with van der Waals surface area (Å²) in [6.07, 6.45) is 0. The zero-order chi connectivity index (χ0) is 15.6. The molecule has 0 fully saturated rings. The summed E-state index contributed by atoms with van der Waals surface area (Å²) in [5.74, 6) is -1.80. The lowest BCUT2D eigenvalue weighted by atomic mass is 10.1. The first kappa shape index (κ1) is 15.4. The summed E-state index contributed by atoms with van der Waals surface area (Å²) in [5, 5.41) is 9.16. The van der Waals surface area contributed by atoms with Crippen LogP contribution in [0.5, 0.6) is 0 Å². The number of nitrogens with one attached hydrogen (secondary N) is 1. The molecule has 0 atom stereocenters. The fraction of sp³-hybridized carbons (Fsp3) is 0.143. The van der Waals surface area contributed by atoms with Crippen molar-refractivity contribution in [2.45, 2.75) is 18.4 Å². The van der Waals surface area contributed by atoms with Crippen molar-refractivity contribution in [2.75, 3.05) is 4.72 Å². The number of hydrogen-bond acceptors (Lipinski definition) is 3. The predicted molar refractivity (Wildman–Crippen MR) is 74.3 cm³/mol. The number of sulfonamides is 1. The van der Waals surface area contributed by atoms with E-state index in [1.807, 2.05) is 0 Å². The Morgan fingerprint density at radius 3 is 2.52 bits per heavy atom. The number of rotatable bonds is 4. The highest BCUT2D eigenvalue weighted by molar-refractivity contribution is 7.92. The molecular formula is C14H13F2NO3S. The largest absolute Gasteiger partial charge is 0.392 e. The van der Waals surface area contributed by atoms with Crippen molar-refractivity contribution in [1.29, 1.82) is 0 Å². The first-order valence-corrected chi connectivity index (χ1v) is 7.50. The summed E-state index contributed by atoms with van der Waals surface area (Å²) in [7, 11) is -4.04. The number of aliphatic hydroxyl groups excluding tert-OH is 1. The molecule has 0 saturated carbocycles. The van der Waals surface area contributed by atoms with Crippen LogP contribution in [0.4, 0.5) is 14.5 Å². The fourth-order valence-electron chi connectivity index (χ4n) is 1.89. The maximum atomic E-state index is 13.5. The van der Waals surface area contributed by atoms with Gasteiger partial charge in [-0.2, -0.15) is 0 Å². The number of aliphatic hydroxyl groups is 1. The molecule has 4 nitrogen and oxygen atoms in total. The molecule has 2 rings (SSSR count). The minimum absolute atomic E-state index is 0.0715. The van der Waals surface area contributed by atoms with Gasteiger partial charge in [0.25, 0.3) is 10.0 Å². The molecule has 0 aliphatic rings. The first-order valence-electron chi connectivity index (χ1n) is 6.02. The van der Waals surface area contributed by atoms with Gasteiger partial charge in [-0.15, -0.1) is 0 Å². The topological polar surface area (TPSA) is 66.4 Å². The van der Waals surface area contributed by atoms with E-state index in [0.29, 0.717) is 17.2 Å². The summed E-state index contributed by atoms with van der Waals surface area (Å²) < 4.78 is 53.0. The van der Waals surface area contributed by atoms with Crippen LogP contribution in [0.25, 0.3) is 0 Å². The minimum Gasteiger partial charge on any atom is -0.392 e. The summed E-state index contributed by atoms with van der Waals surface area (Å²) in [6.45, 7) is 1.24. The van der Waals surface area contributed by atoms with Gasteiger partial charge in [0.2, 0.25) is 0 Å². The smallest absolute Gasteiger partial charge is 0.262 e. The van der Waals surface area contributed by atoms with Crippen molar-refractivity contribution < 1.29 is 22.3 Å². The van der Waals surface area contributed by atoms with Crippen LogP contribution < -0.4 is 4.72 Å². The molecule has 2 N–H and O–H groups in total. The van der Waals surface area contributed by atoms with Crippen LogP contribution in [-0.2, 0) is 16.6 Å². The average molecular weight is 313 g/mol. The normalized spacial score (nSPS) is 11.4. The van der Waals surface area contributed by atoms with Gasteiger partial charge >= 0.3 is 0 Å². The highest BCUT2D eigenvalue weighted by Gasteiger charge is 2.20. The van der Waals surface area contributed by atoms with E-state index in [1.165, 1.54) is 12.1 Å². The Hall–Kier alpha value is -1.99. The molecule has 0 aliphatic heterocycles. The van der Waals surface area contributed by atoms with Crippen molar-refractivity contribution in [3.05, 3.63) is 59.2 Å². The average Bonchev–Trinajstić information content (AvgIpc) is 2.42. The SMILES string of the molecule is Cc1c(CO)cccc1S(=O)(=O)Nc1ccc(F)cc1F. The highest BCUT2D eigenvalue weighted by atomic mass is 32.2. The standard InChI is InChI=1S/C14H13F2NO3S/c1-9-10(8-18)3-2-4-14(9)21(19,20)17-13-6-5-11(15)7-12(13)16/h2-7,17-18H,8H2,1H3. The van der Waals surface area contributed by atoms with Gasteiger partial charge in [-0.1, -0.05) is 12.1 Å². The van der Waals surface area contributed by atoms with Crippen LogP contribution in [0.1, 0.15) is 11.1 Å². The van der Waals surface area contributed by atoms with Gasteiger partial charge < -0.3 is 5.11 Å². The van der Waals surface area contributed by atoms with Crippen molar-refractivity contribution in [1.82, 2.24) is 0 Å². The van der Waals surface area contributed by atoms with Gasteiger partial charge in [0.1, 0.15) is 11.6 Å². The van der Waals surface area contributed by atoms with E-state index < -0.39 is 21.7 Å². The van der Waals surface area contributed by atoms with E-state index in [9.17, 15) is 17.2 Å². The third kappa shape index (κ3) is 3.20. The van der Waals surface area contributed by atoms with Crippen LogP contribution in [0.15, 0.2) is 41.3 Å². The van der Waals surface area contributed by atoms with E-state index in [2.05, 4.69) is 4.72 Å². The molecule has 0 aromatic heterocycles. The zero-order valence-electron chi connectivity index (χ0n) is 11.1. The fourth-order valence-corrected chi connectivity index (χ4v) is 3.25. The van der Waals surface area contributed by atoms with Gasteiger partial charge in [0.15, 0.2) is 0 Å². The number of halogens is 2. The Morgan fingerprint density at radius 1 is 1.19 bits per heavy atom. The van der Waals surface area contributed by atoms with Crippen LogP contribution in [0, 0.1) is 18.6 Å². The summed E-state index contributed by atoms with van der Waals surface area (Å²) >= 11 is 0. The van der Waals surface area contributed by atoms with E-state index >= 15 is 0 Å². The molecule has 2 aromatic carbocycles.